The van der Waals surface area contributed by atoms with Gasteiger partial charge < -0.3 is 14.8 Å². The van der Waals surface area contributed by atoms with Crippen molar-refractivity contribution in [2.75, 3.05) is 19.0 Å². The molecule has 0 aromatic heterocycles. The van der Waals surface area contributed by atoms with Crippen molar-refractivity contribution in [1.29, 1.82) is 5.26 Å². The van der Waals surface area contributed by atoms with Crippen LogP contribution in [0.2, 0.25) is 0 Å². The number of aryl methyl sites for hydroxylation is 2. The number of nitriles is 1. The van der Waals surface area contributed by atoms with Gasteiger partial charge >= 0.3 is 5.97 Å². The van der Waals surface area contributed by atoms with Gasteiger partial charge in [0.1, 0.15) is 11.2 Å². The van der Waals surface area contributed by atoms with Gasteiger partial charge in [-0.15, -0.1) is 0 Å². The molecule has 0 saturated heterocycles. The van der Waals surface area contributed by atoms with Crippen molar-refractivity contribution < 1.29 is 19.1 Å². The zero-order valence-corrected chi connectivity index (χ0v) is 16.0. The zero-order valence-electron chi connectivity index (χ0n) is 15.2. The van der Waals surface area contributed by atoms with Gasteiger partial charge in [0, 0.05) is 17.0 Å². The number of nitrogens with one attached hydrogen (secondary N) is 1. The molecule has 0 aliphatic heterocycles. The normalized spacial score (nSPS) is 9.96. The van der Waals surface area contributed by atoms with Crippen molar-refractivity contribution in [2.45, 2.75) is 24.7 Å². The topological polar surface area (TPSA) is 88.4 Å². The Labute approximate surface area is 162 Å². The summed E-state index contributed by atoms with van der Waals surface area (Å²) in [7, 11) is 1.60. The summed E-state index contributed by atoms with van der Waals surface area (Å²) >= 11 is 1.05. The van der Waals surface area contributed by atoms with E-state index in [0.717, 1.165) is 33.5 Å². The van der Waals surface area contributed by atoms with Gasteiger partial charge in [-0.1, -0.05) is 12.1 Å². The fraction of sp³-hybridized carbons (Fsp3) is 0.250. The van der Waals surface area contributed by atoms with Crippen molar-refractivity contribution in [3.05, 3.63) is 53.6 Å². The molecule has 0 saturated carbocycles. The van der Waals surface area contributed by atoms with E-state index in [4.69, 9.17) is 14.7 Å². The predicted octanol–water partition coefficient (Wildman–Crippen LogP) is 3.69. The first-order valence-electron chi connectivity index (χ1n) is 8.27. The lowest BCUT2D eigenvalue weighted by Gasteiger charge is -2.10. The fourth-order valence-corrected chi connectivity index (χ4v) is 2.81. The van der Waals surface area contributed by atoms with E-state index in [-0.39, 0.29) is 13.0 Å². The Bertz CT molecular complexity index is 844. The van der Waals surface area contributed by atoms with Crippen LogP contribution in [0.1, 0.15) is 17.5 Å². The summed E-state index contributed by atoms with van der Waals surface area (Å²) in [6, 6.07) is 12.7. The van der Waals surface area contributed by atoms with E-state index in [9.17, 15) is 9.59 Å². The molecular formula is C20H20N2O4S. The van der Waals surface area contributed by atoms with Gasteiger partial charge in [-0.05, 0) is 66.6 Å². The summed E-state index contributed by atoms with van der Waals surface area (Å²) in [5.74, 6) is -0.0809. The number of amides is 1. The van der Waals surface area contributed by atoms with Gasteiger partial charge in [-0.2, -0.15) is 5.26 Å². The third kappa shape index (κ3) is 6.68. The number of carbonyl (C=O) groups is 2. The number of thiocyanates is 1. The van der Waals surface area contributed by atoms with E-state index in [1.54, 1.807) is 19.2 Å². The molecule has 0 heterocycles. The molecule has 140 valence electrons. The van der Waals surface area contributed by atoms with Crippen LogP contribution in [0.3, 0.4) is 0 Å². The summed E-state index contributed by atoms with van der Waals surface area (Å²) in [5.41, 5.74) is 2.44. The number of thioether (sulfide) groups is 1. The van der Waals surface area contributed by atoms with Gasteiger partial charge in [0.2, 0.25) is 0 Å². The largest absolute Gasteiger partial charge is 0.497 e. The molecule has 0 atom stereocenters. The van der Waals surface area contributed by atoms with Gasteiger partial charge in [-0.3, -0.25) is 9.59 Å². The second-order valence-electron chi connectivity index (χ2n) is 5.73. The van der Waals surface area contributed by atoms with E-state index in [1.807, 2.05) is 42.7 Å². The number of hydrogen-bond donors (Lipinski definition) is 1. The summed E-state index contributed by atoms with van der Waals surface area (Å²) in [6.45, 7) is 1.49. The molecule has 7 heteroatoms. The third-order valence-electron chi connectivity index (χ3n) is 3.78. The van der Waals surface area contributed by atoms with Gasteiger partial charge in [0.15, 0.2) is 6.61 Å². The first kappa shape index (κ1) is 20.3. The number of anilines is 1. The van der Waals surface area contributed by atoms with Crippen molar-refractivity contribution in [1.82, 2.24) is 0 Å². The van der Waals surface area contributed by atoms with Crippen molar-refractivity contribution in [2.24, 2.45) is 0 Å². The minimum Gasteiger partial charge on any atom is -0.497 e. The molecular weight excluding hydrogens is 364 g/mol. The highest BCUT2D eigenvalue weighted by Gasteiger charge is 2.10. The van der Waals surface area contributed by atoms with Crippen LogP contribution in [0.25, 0.3) is 0 Å². The number of esters is 1. The Morgan fingerprint density at radius 3 is 2.56 bits per heavy atom. The molecule has 0 fully saturated rings. The number of methoxy groups -OCH3 is 1. The minimum atomic E-state index is -0.432. The standard InChI is InChI=1S/C20H20N2O4S/c1-14-11-17(27-13-21)8-9-18(14)22-19(23)12-26-20(24)10-5-15-3-6-16(25-2)7-4-15/h3-4,6-9,11H,5,10,12H2,1-2H3,(H,22,23). The Kier molecular flexibility index (Phi) is 7.71. The summed E-state index contributed by atoms with van der Waals surface area (Å²) in [5, 5.41) is 13.4. The Morgan fingerprint density at radius 1 is 1.19 bits per heavy atom. The van der Waals surface area contributed by atoms with E-state index in [0.29, 0.717) is 12.1 Å². The lowest BCUT2D eigenvalue weighted by Crippen LogP contribution is -2.21. The minimum absolute atomic E-state index is 0.193. The molecule has 2 rings (SSSR count). The molecule has 1 N–H and O–H groups in total. The van der Waals surface area contributed by atoms with Gasteiger partial charge in [0.05, 0.1) is 7.11 Å². The average Bonchev–Trinajstić information content (AvgIpc) is 2.67. The van der Waals surface area contributed by atoms with Crippen LogP contribution in [0, 0.1) is 17.6 Å². The van der Waals surface area contributed by atoms with Crippen LogP contribution in [0.15, 0.2) is 47.4 Å². The molecule has 0 spiro atoms. The summed E-state index contributed by atoms with van der Waals surface area (Å²) in [6.07, 6.45) is 0.723. The van der Waals surface area contributed by atoms with Crippen molar-refractivity contribution in [3.8, 4) is 11.2 Å². The third-order valence-corrected chi connectivity index (χ3v) is 4.36. The van der Waals surface area contributed by atoms with Gasteiger partial charge in [0.25, 0.3) is 5.91 Å². The molecule has 2 aromatic rings. The fourth-order valence-electron chi connectivity index (χ4n) is 2.34. The Balaban J connectivity index is 1.76. The average molecular weight is 384 g/mol. The Morgan fingerprint density at radius 2 is 1.93 bits per heavy atom. The first-order valence-corrected chi connectivity index (χ1v) is 9.08. The predicted molar refractivity (Wildman–Crippen MR) is 104 cm³/mol. The van der Waals surface area contributed by atoms with E-state index >= 15 is 0 Å². The monoisotopic (exact) mass is 384 g/mol. The number of benzene rings is 2. The number of nitrogens with zero attached hydrogens (tertiary/aromatic N) is 1. The molecule has 0 radical (unpaired) electrons. The lowest BCUT2D eigenvalue weighted by atomic mass is 10.1. The second-order valence-corrected chi connectivity index (χ2v) is 6.59. The lowest BCUT2D eigenvalue weighted by molar-refractivity contribution is -0.147. The quantitative estimate of drug-likeness (QED) is 0.424. The van der Waals surface area contributed by atoms with Crippen LogP contribution in [-0.2, 0) is 20.7 Å². The molecule has 6 nitrogen and oxygen atoms in total. The van der Waals surface area contributed by atoms with Crippen LogP contribution in [0.4, 0.5) is 5.69 Å². The van der Waals surface area contributed by atoms with Crippen LogP contribution in [0.5, 0.6) is 5.75 Å². The van der Waals surface area contributed by atoms with Crippen molar-refractivity contribution >= 4 is 29.3 Å². The smallest absolute Gasteiger partial charge is 0.306 e. The zero-order chi connectivity index (χ0) is 19.6. The summed E-state index contributed by atoms with van der Waals surface area (Å²) in [4.78, 5) is 24.6. The molecule has 0 unspecified atom stereocenters. The number of hydrogen-bond acceptors (Lipinski definition) is 6. The Hall–Kier alpha value is -2.98. The maximum atomic E-state index is 12.0. The number of rotatable bonds is 8. The summed E-state index contributed by atoms with van der Waals surface area (Å²) < 4.78 is 10.1. The van der Waals surface area contributed by atoms with Gasteiger partial charge in [-0.25, -0.2) is 0 Å². The highest BCUT2D eigenvalue weighted by Crippen LogP contribution is 2.23. The first-order chi connectivity index (χ1) is 13.0. The maximum absolute atomic E-state index is 12.0. The van der Waals surface area contributed by atoms with E-state index in [2.05, 4.69) is 5.32 Å². The van der Waals surface area contributed by atoms with E-state index < -0.39 is 11.9 Å². The maximum Gasteiger partial charge on any atom is 0.306 e. The van der Waals surface area contributed by atoms with Crippen molar-refractivity contribution in [3.63, 3.8) is 0 Å². The molecule has 2 aromatic carbocycles. The molecule has 0 aliphatic carbocycles. The van der Waals surface area contributed by atoms with E-state index in [1.165, 1.54) is 0 Å². The number of carbonyl (C=O) groups excluding carboxylic acids is 2. The van der Waals surface area contributed by atoms with Crippen LogP contribution >= 0.6 is 11.8 Å². The van der Waals surface area contributed by atoms with Crippen LogP contribution < -0.4 is 10.1 Å². The highest BCUT2D eigenvalue weighted by molar-refractivity contribution is 8.03. The number of ether oxygens (including phenoxy) is 2. The molecule has 27 heavy (non-hydrogen) atoms. The molecule has 1 amide bonds. The molecule has 0 aliphatic rings. The highest BCUT2D eigenvalue weighted by atomic mass is 32.2. The molecule has 0 bridgehead atoms. The second kappa shape index (κ2) is 10.2. The van der Waals surface area contributed by atoms with Crippen LogP contribution in [-0.4, -0.2) is 25.6 Å². The SMILES string of the molecule is COc1ccc(CCC(=O)OCC(=O)Nc2ccc(SC#N)cc2C)cc1.